The first-order chi connectivity index (χ1) is 9.97. The Kier molecular flexibility index (Phi) is 4.67. The van der Waals surface area contributed by atoms with Gasteiger partial charge in [-0.1, -0.05) is 13.8 Å². The maximum atomic E-state index is 11.9. The van der Waals surface area contributed by atoms with Crippen LogP contribution in [0.2, 0.25) is 0 Å². The maximum absolute atomic E-state index is 11.9. The Morgan fingerprint density at radius 3 is 2.67 bits per heavy atom. The van der Waals surface area contributed by atoms with E-state index in [1.165, 1.54) is 11.8 Å². The molecule has 6 heteroatoms. The van der Waals surface area contributed by atoms with Crippen LogP contribution in [0.15, 0.2) is 18.2 Å². The second-order valence-electron chi connectivity index (χ2n) is 5.34. The smallest absolute Gasteiger partial charge is 0.240 e. The fourth-order valence-corrected chi connectivity index (χ4v) is 1.96. The second-order valence-corrected chi connectivity index (χ2v) is 5.34. The Bertz CT molecular complexity index is 542. The average Bonchev–Trinajstić information content (AvgIpc) is 2.89. The highest BCUT2D eigenvalue weighted by Gasteiger charge is 2.20. The number of nitrogens with one attached hydrogen (secondary N) is 1. The van der Waals surface area contributed by atoms with Crippen LogP contribution in [0.25, 0.3) is 0 Å². The summed E-state index contributed by atoms with van der Waals surface area (Å²) < 4.78 is 10.5. The second kappa shape index (κ2) is 6.47. The summed E-state index contributed by atoms with van der Waals surface area (Å²) in [6.07, 6.45) is 0. The summed E-state index contributed by atoms with van der Waals surface area (Å²) in [5.74, 6) is 1.21. The summed E-state index contributed by atoms with van der Waals surface area (Å²) in [5.41, 5.74) is 0.617. The third kappa shape index (κ3) is 3.87. The van der Waals surface area contributed by atoms with Crippen molar-refractivity contribution in [2.75, 3.05) is 24.8 Å². The van der Waals surface area contributed by atoms with Crippen LogP contribution in [0.1, 0.15) is 20.8 Å². The highest BCUT2D eigenvalue weighted by Crippen LogP contribution is 2.35. The number of anilines is 1. The zero-order chi connectivity index (χ0) is 15.4. The molecule has 0 saturated carbocycles. The molecule has 21 heavy (non-hydrogen) atoms. The molecule has 0 unspecified atom stereocenters. The van der Waals surface area contributed by atoms with Crippen LogP contribution in [0.3, 0.4) is 0 Å². The van der Waals surface area contributed by atoms with Crippen molar-refractivity contribution < 1.29 is 19.1 Å². The molecular weight excluding hydrogens is 272 g/mol. The van der Waals surface area contributed by atoms with Crippen molar-refractivity contribution in [1.29, 1.82) is 0 Å². The van der Waals surface area contributed by atoms with Gasteiger partial charge in [-0.15, -0.1) is 0 Å². The summed E-state index contributed by atoms with van der Waals surface area (Å²) in [5, 5.41) is 2.80. The van der Waals surface area contributed by atoms with Crippen molar-refractivity contribution >= 4 is 17.5 Å². The van der Waals surface area contributed by atoms with E-state index in [4.69, 9.17) is 9.47 Å². The van der Waals surface area contributed by atoms with Crippen molar-refractivity contribution in [3.05, 3.63) is 18.2 Å². The van der Waals surface area contributed by atoms with Gasteiger partial charge in [0.05, 0.1) is 0 Å². The first-order valence-corrected chi connectivity index (χ1v) is 6.92. The lowest BCUT2D eigenvalue weighted by molar-refractivity contribution is -0.123. The lowest BCUT2D eigenvalue weighted by Gasteiger charge is -2.21. The number of hydrogen-bond acceptors (Lipinski definition) is 4. The molecule has 114 valence electrons. The van der Waals surface area contributed by atoms with Gasteiger partial charge in [-0.2, -0.15) is 0 Å². The summed E-state index contributed by atoms with van der Waals surface area (Å²) in [7, 11) is 0. The van der Waals surface area contributed by atoms with Gasteiger partial charge in [0.1, 0.15) is 6.54 Å². The summed E-state index contributed by atoms with van der Waals surface area (Å²) in [6.45, 7) is 6.21. The van der Waals surface area contributed by atoms with Crippen molar-refractivity contribution in [1.82, 2.24) is 5.32 Å². The summed E-state index contributed by atoms with van der Waals surface area (Å²) in [6, 6.07) is 5.18. The molecule has 0 fully saturated rings. The van der Waals surface area contributed by atoms with Gasteiger partial charge < -0.3 is 19.7 Å². The van der Waals surface area contributed by atoms with Gasteiger partial charge >= 0.3 is 0 Å². The monoisotopic (exact) mass is 292 g/mol. The van der Waals surface area contributed by atoms with Crippen LogP contribution in [-0.2, 0) is 9.59 Å². The number of nitrogens with zero attached hydrogens (tertiary/aromatic N) is 1. The van der Waals surface area contributed by atoms with E-state index in [9.17, 15) is 9.59 Å². The van der Waals surface area contributed by atoms with Crippen LogP contribution in [0.4, 0.5) is 5.69 Å². The molecule has 0 aromatic heterocycles. The molecule has 0 saturated heterocycles. The minimum atomic E-state index is -0.200. The van der Waals surface area contributed by atoms with E-state index < -0.39 is 0 Å². The van der Waals surface area contributed by atoms with Crippen LogP contribution in [0, 0.1) is 5.92 Å². The molecule has 1 aliphatic rings. The Labute approximate surface area is 124 Å². The Hall–Kier alpha value is -2.24. The summed E-state index contributed by atoms with van der Waals surface area (Å²) >= 11 is 0. The van der Waals surface area contributed by atoms with Gasteiger partial charge in [0, 0.05) is 25.2 Å². The minimum absolute atomic E-state index is 0.0122. The number of benzene rings is 1. The normalized spacial score (nSPS) is 12.4. The van der Waals surface area contributed by atoms with E-state index in [0.717, 1.165) is 0 Å². The molecule has 0 radical (unpaired) electrons. The molecule has 1 aromatic carbocycles. The molecule has 1 heterocycles. The van der Waals surface area contributed by atoms with Crippen LogP contribution < -0.4 is 19.7 Å². The standard InChI is InChI=1S/C15H20N2O4/c1-10(2)7-16-15(19)8-17(11(3)18)12-4-5-13-14(6-12)21-9-20-13/h4-6,10H,7-9H2,1-3H3,(H,16,19). The van der Waals surface area contributed by atoms with Gasteiger partial charge in [0.25, 0.3) is 0 Å². The lowest BCUT2D eigenvalue weighted by Crippen LogP contribution is -2.40. The van der Waals surface area contributed by atoms with Gasteiger partial charge in [-0.3, -0.25) is 9.59 Å². The quantitative estimate of drug-likeness (QED) is 0.894. The fourth-order valence-electron chi connectivity index (χ4n) is 1.96. The Balaban J connectivity index is 2.08. The highest BCUT2D eigenvalue weighted by molar-refractivity contribution is 5.97. The van der Waals surface area contributed by atoms with E-state index in [-0.39, 0.29) is 25.2 Å². The predicted octanol–water partition coefficient (Wildman–Crippen LogP) is 1.54. The van der Waals surface area contributed by atoms with E-state index in [0.29, 0.717) is 29.6 Å². The molecule has 0 spiro atoms. The average molecular weight is 292 g/mol. The van der Waals surface area contributed by atoms with Gasteiger partial charge in [0.15, 0.2) is 11.5 Å². The van der Waals surface area contributed by atoms with Gasteiger partial charge in [-0.25, -0.2) is 0 Å². The number of carbonyl (C=O) groups is 2. The highest BCUT2D eigenvalue weighted by atomic mass is 16.7. The van der Waals surface area contributed by atoms with E-state index >= 15 is 0 Å². The number of hydrogen-bond donors (Lipinski definition) is 1. The molecule has 1 aliphatic heterocycles. The van der Waals surface area contributed by atoms with Crippen LogP contribution in [0.5, 0.6) is 11.5 Å². The molecule has 0 aliphatic carbocycles. The lowest BCUT2D eigenvalue weighted by atomic mass is 10.2. The van der Waals surface area contributed by atoms with Gasteiger partial charge in [0.2, 0.25) is 18.6 Å². The maximum Gasteiger partial charge on any atom is 0.240 e. The number of amides is 2. The number of ether oxygens (including phenoxy) is 2. The number of carbonyl (C=O) groups excluding carboxylic acids is 2. The molecule has 6 nitrogen and oxygen atoms in total. The molecule has 1 N–H and O–H groups in total. The van der Waals surface area contributed by atoms with Gasteiger partial charge in [-0.05, 0) is 18.1 Å². The molecule has 0 atom stereocenters. The SMILES string of the molecule is CC(=O)N(CC(=O)NCC(C)C)c1ccc2c(c1)OCO2. The Morgan fingerprint density at radius 2 is 2.00 bits per heavy atom. The molecular formula is C15H20N2O4. The summed E-state index contributed by atoms with van der Waals surface area (Å²) in [4.78, 5) is 25.1. The molecule has 2 amide bonds. The van der Waals surface area contributed by atoms with Crippen molar-refractivity contribution in [3.8, 4) is 11.5 Å². The van der Waals surface area contributed by atoms with Crippen molar-refractivity contribution in [3.63, 3.8) is 0 Å². The third-order valence-corrected chi connectivity index (χ3v) is 3.06. The molecule has 2 rings (SSSR count). The number of rotatable bonds is 5. The fraction of sp³-hybridized carbons (Fsp3) is 0.467. The first-order valence-electron chi connectivity index (χ1n) is 6.92. The minimum Gasteiger partial charge on any atom is -0.454 e. The predicted molar refractivity (Wildman–Crippen MR) is 78.4 cm³/mol. The largest absolute Gasteiger partial charge is 0.454 e. The molecule has 1 aromatic rings. The number of fused-ring (bicyclic) bond motifs is 1. The zero-order valence-electron chi connectivity index (χ0n) is 12.5. The van der Waals surface area contributed by atoms with Crippen LogP contribution >= 0.6 is 0 Å². The first kappa shape index (κ1) is 15.2. The van der Waals surface area contributed by atoms with Crippen molar-refractivity contribution in [2.45, 2.75) is 20.8 Å². The Morgan fingerprint density at radius 1 is 1.29 bits per heavy atom. The molecule has 0 bridgehead atoms. The van der Waals surface area contributed by atoms with E-state index in [1.54, 1.807) is 18.2 Å². The third-order valence-electron chi connectivity index (χ3n) is 3.06. The topological polar surface area (TPSA) is 67.9 Å². The zero-order valence-corrected chi connectivity index (χ0v) is 12.5. The van der Waals surface area contributed by atoms with E-state index in [2.05, 4.69) is 5.32 Å². The van der Waals surface area contributed by atoms with Crippen molar-refractivity contribution in [2.24, 2.45) is 5.92 Å². The van der Waals surface area contributed by atoms with Crippen LogP contribution in [-0.4, -0.2) is 31.7 Å². The van der Waals surface area contributed by atoms with E-state index in [1.807, 2.05) is 13.8 Å².